The van der Waals surface area contributed by atoms with Gasteiger partial charge in [0.1, 0.15) is 0 Å². The molecule has 19 heavy (non-hydrogen) atoms. The molecule has 4 rings (SSSR count). The minimum Gasteiger partial charge on any atom is -0.287 e. The number of hydrogen-bond acceptors (Lipinski definition) is 2. The first-order valence-corrected chi connectivity index (χ1v) is 7.33. The van der Waals surface area contributed by atoms with Crippen LogP contribution >= 0.6 is 11.3 Å². The molecule has 0 saturated carbocycles. The zero-order chi connectivity index (χ0) is 13.0. The molecule has 0 bridgehead atoms. The molecule has 0 spiro atoms. The molecule has 0 atom stereocenters. The number of imidazole rings is 1. The second kappa shape index (κ2) is 4.00. The zero-order valence-electron chi connectivity index (χ0n) is 10.2. The summed E-state index contributed by atoms with van der Waals surface area (Å²) < 4.78 is 28.7. The molecule has 2 aromatic heterocycles. The van der Waals surface area contributed by atoms with Gasteiger partial charge in [-0.2, -0.15) is 0 Å². The molecule has 1 aromatic carbocycles. The third-order valence-corrected chi connectivity index (χ3v) is 4.93. The van der Waals surface area contributed by atoms with Gasteiger partial charge in [-0.1, -0.05) is 6.42 Å². The Labute approximate surface area is 112 Å². The van der Waals surface area contributed by atoms with Crippen molar-refractivity contribution in [2.45, 2.75) is 32.1 Å². The predicted octanol–water partition coefficient (Wildman–Crippen LogP) is 4.10. The SMILES string of the molecule is Fc1cc2nc3sc4c(n3c2cc1F)CCCCC4. The molecule has 0 unspecified atom stereocenters. The van der Waals surface area contributed by atoms with Crippen LogP contribution in [0.2, 0.25) is 0 Å². The molecule has 5 heteroatoms. The van der Waals surface area contributed by atoms with Crippen molar-refractivity contribution in [1.29, 1.82) is 0 Å². The Balaban J connectivity index is 2.08. The fourth-order valence-corrected chi connectivity index (χ4v) is 4.10. The molecule has 0 saturated heterocycles. The summed E-state index contributed by atoms with van der Waals surface area (Å²) in [6.45, 7) is 0. The van der Waals surface area contributed by atoms with E-state index >= 15 is 0 Å². The molecule has 98 valence electrons. The Morgan fingerprint density at radius 2 is 1.84 bits per heavy atom. The molecule has 2 nitrogen and oxygen atoms in total. The summed E-state index contributed by atoms with van der Waals surface area (Å²) in [6, 6.07) is 2.45. The summed E-state index contributed by atoms with van der Waals surface area (Å²) in [7, 11) is 0. The summed E-state index contributed by atoms with van der Waals surface area (Å²) in [5.74, 6) is -1.63. The summed E-state index contributed by atoms with van der Waals surface area (Å²) in [5, 5.41) is 0. The number of benzene rings is 1. The Kier molecular flexibility index (Phi) is 2.39. The van der Waals surface area contributed by atoms with E-state index in [1.165, 1.54) is 35.5 Å². The van der Waals surface area contributed by atoms with Gasteiger partial charge in [-0.3, -0.25) is 4.40 Å². The molecular weight excluding hydrogens is 266 g/mol. The standard InChI is InChI=1S/C14H12F2N2S/c15-8-6-10-12(7-9(8)16)18-11-4-2-1-3-5-13(11)19-14(18)17-10/h6-7H,1-5H2. The van der Waals surface area contributed by atoms with Crippen LogP contribution in [0.4, 0.5) is 8.78 Å². The van der Waals surface area contributed by atoms with E-state index in [9.17, 15) is 8.78 Å². The quantitative estimate of drug-likeness (QED) is 0.566. The van der Waals surface area contributed by atoms with Crippen LogP contribution in [-0.2, 0) is 12.8 Å². The van der Waals surface area contributed by atoms with Crippen molar-refractivity contribution in [2.75, 3.05) is 0 Å². The van der Waals surface area contributed by atoms with E-state index in [-0.39, 0.29) is 0 Å². The van der Waals surface area contributed by atoms with E-state index in [1.807, 2.05) is 4.40 Å². The van der Waals surface area contributed by atoms with Gasteiger partial charge in [0.05, 0.1) is 11.0 Å². The van der Waals surface area contributed by atoms with Gasteiger partial charge in [0.25, 0.3) is 0 Å². The number of halogens is 2. The number of hydrogen-bond donors (Lipinski definition) is 0. The van der Waals surface area contributed by atoms with E-state index in [0.717, 1.165) is 24.2 Å². The number of fused-ring (bicyclic) bond motifs is 5. The fraction of sp³-hybridized carbons (Fsp3) is 0.357. The molecule has 3 aromatic rings. The van der Waals surface area contributed by atoms with Crippen LogP contribution in [-0.4, -0.2) is 9.38 Å². The van der Waals surface area contributed by atoms with Crippen molar-refractivity contribution in [2.24, 2.45) is 0 Å². The van der Waals surface area contributed by atoms with Crippen LogP contribution in [0.1, 0.15) is 29.8 Å². The van der Waals surface area contributed by atoms with Crippen LogP contribution in [0.5, 0.6) is 0 Å². The first-order chi connectivity index (χ1) is 9.24. The molecule has 0 amide bonds. The highest BCUT2D eigenvalue weighted by Crippen LogP contribution is 2.32. The van der Waals surface area contributed by atoms with Gasteiger partial charge in [-0.05, 0) is 25.7 Å². The number of aryl methyl sites for hydroxylation is 2. The number of thiazole rings is 1. The lowest BCUT2D eigenvalue weighted by Crippen LogP contribution is -1.94. The lowest BCUT2D eigenvalue weighted by atomic mass is 10.2. The Morgan fingerprint density at radius 3 is 2.74 bits per heavy atom. The van der Waals surface area contributed by atoms with Crippen molar-refractivity contribution < 1.29 is 8.78 Å². The van der Waals surface area contributed by atoms with Gasteiger partial charge >= 0.3 is 0 Å². The van der Waals surface area contributed by atoms with Gasteiger partial charge in [0.15, 0.2) is 16.6 Å². The molecule has 0 fully saturated rings. The molecule has 1 aliphatic carbocycles. The molecule has 0 N–H and O–H groups in total. The van der Waals surface area contributed by atoms with Crippen molar-refractivity contribution in [3.8, 4) is 0 Å². The topological polar surface area (TPSA) is 17.3 Å². The molecular formula is C14H12F2N2S. The number of rotatable bonds is 0. The smallest absolute Gasteiger partial charge is 0.195 e. The minimum atomic E-state index is -0.829. The minimum absolute atomic E-state index is 0.539. The third-order valence-electron chi connectivity index (χ3n) is 3.79. The van der Waals surface area contributed by atoms with Crippen molar-refractivity contribution in [3.63, 3.8) is 0 Å². The second-order valence-corrected chi connectivity index (χ2v) is 6.08. The van der Waals surface area contributed by atoms with Crippen LogP contribution < -0.4 is 0 Å². The van der Waals surface area contributed by atoms with Crippen molar-refractivity contribution in [3.05, 3.63) is 34.3 Å². The summed E-state index contributed by atoms with van der Waals surface area (Å²) in [6.07, 6.45) is 5.67. The average molecular weight is 278 g/mol. The van der Waals surface area contributed by atoms with Crippen molar-refractivity contribution >= 4 is 27.3 Å². The predicted molar refractivity (Wildman–Crippen MR) is 71.8 cm³/mol. The fourth-order valence-electron chi connectivity index (χ4n) is 2.88. The third kappa shape index (κ3) is 1.61. The highest BCUT2D eigenvalue weighted by molar-refractivity contribution is 7.17. The van der Waals surface area contributed by atoms with E-state index in [0.29, 0.717) is 11.0 Å². The largest absolute Gasteiger partial charge is 0.287 e. The highest BCUT2D eigenvalue weighted by Gasteiger charge is 2.19. The molecule has 0 aliphatic heterocycles. The first kappa shape index (κ1) is 11.3. The van der Waals surface area contributed by atoms with Crippen molar-refractivity contribution in [1.82, 2.24) is 9.38 Å². The molecule has 1 aliphatic rings. The van der Waals surface area contributed by atoms with Gasteiger partial charge < -0.3 is 0 Å². The lowest BCUT2D eigenvalue weighted by Gasteiger charge is -2.01. The monoisotopic (exact) mass is 278 g/mol. The van der Waals surface area contributed by atoms with E-state index < -0.39 is 11.6 Å². The Hall–Kier alpha value is -1.49. The second-order valence-electron chi connectivity index (χ2n) is 5.02. The maximum Gasteiger partial charge on any atom is 0.195 e. The zero-order valence-corrected chi connectivity index (χ0v) is 11.1. The van der Waals surface area contributed by atoms with E-state index in [4.69, 9.17) is 0 Å². The van der Waals surface area contributed by atoms with Crippen LogP contribution in [0.3, 0.4) is 0 Å². The highest BCUT2D eigenvalue weighted by atomic mass is 32.1. The van der Waals surface area contributed by atoms with Crippen LogP contribution in [0, 0.1) is 11.6 Å². The van der Waals surface area contributed by atoms with Gasteiger partial charge in [-0.15, -0.1) is 11.3 Å². The maximum absolute atomic E-state index is 13.5. The number of aromatic nitrogens is 2. The van der Waals surface area contributed by atoms with Gasteiger partial charge in [0, 0.05) is 22.7 Å². The van der Waals surface area contributed by atoms with E-state index in [2.05, 4.69) is 4.98 Å². The van der Waals surface area contributed by atoms with Crippen LogP contribution in [0.25, 0.3) is 16.0 Å². The Bertz CT molecular complexity index is 788. The van der Waals surface area contributed by atoms with E-state index in [1.54, 1.807) is 11.3 Å². The summed E-state index contributed by atoms with van der Waals surface area (Å²) in [4.78, 5) is 6.63. The Morgan fingerprint density at radius 1 is 1.05 bits per heavy atom. The maximum atomic E-state index is 13.5. The van der Waals surface area contributed by atoms with Gasteiger partial charge in [0.2, 0.25) is 0 Å². The average Bonchev–Trinajstić information content (AvgIpc) is 2.78. The number of nitrogens with zero attached hydrogens (tertiary/aromatic N) is 2. The summed E-state index contributed by atoms with van der Waals surface area (Å²) in [5.41, 5.74) is 2.47. The molecule has 0 radical (unpaired) electrons. The normalized spacial score (nSPS) is 15.9. The van der Waals surface area contributed by atoms with Crippen LogP contribution in [0.15, 0.2) is 12.1 Å². The molecule has 2 heterocycles. The summed E-state index contributed by atoms with van der Waals surface area (Å²) >= 11 is 1.66. The first-order valence-electron chi connectivity index (χ1n) is 6.52. The lowest BCUT2D eigenvalue weighted by molar-refractivity contribution is 0.510. The van der Waals surface area contributed by atoms with Gasteiger partial charge in [-0.25, -0.2) is 13.8 Å².